The molecule has 0 aliphatic rings. The summed E-state index contributed by atoms with van der Waals surface area (Å²) >= 11 is 1.80. The van der Waals surface area contributed by atoms with Crippen molar-refractivity contribution in [2.24, 2.45) is 0 Å². The molecule has 1 N–H and O–H groups in total. The largest absolute Gasteiger partial charge is 0.312 e. The maximum Gasteiger partial charge on any atom is 0.0900 e. The Bertz CT molecular complexity index is 552. The van der Waals surface area contributed by atoms with E-state index >= 15 is 0 Å². The number of aryl methyl sites for hydroxylation is 4. The number of nitrogens with one attached hydrogen (secondary N) is 1. The average molecular weight is 274 g/mol. The maximum absolute atomic E-state index is 4.54. The Morgan fingerprint density at radius 2 is 1.74 bits per heavy atom. The van der Waals surface area contributed by atoms with Crippen molar-refractivity contribution in [3.8, 4) is 0 Å². The number of likely N-dealkylation sites (N-methyl/N-ethyl adjacent to an activating group) is 1. The van der Waals surface area contributed by atoms with Crippen LogP contribution in [-0.2, 0) is 6.42 Å². The van der Waals surface area contributed by atoms with E-state index in [1.54, 1.807) is 11.3 Å². The summed E-state index contributed by atoms with van der Waals surface area (Å²) < 4.78 is 0. The van der Waals surface area contributed by atoms with Crippen LogP contribution in [0.2, 0.25) is 0 Å². The predicted octanol–water partition coefficient (Wildman–Crippen LogP) is 3.88. The van der Waals surface area contributed by atoms with E-state index in [1.807, 2.05) is 7.05 Å². The van der Waals surface area contributed by atoms with Gasteiger partial charge in [-0.2, -0.15) is 0 Å². The number of rotatable bonds is 4. The Morgan fingerprint density at radius 1 is 1.11 bits per heavy atom. The molecule has 0 saturated carbocycles. The second kappa shape index (κ2) is 5.85. The third-order valence-electron chi connectivity index (χ3n) is 3.33. The lowest BCUT2D eigenvalue weighted by molar-refractivity contribution is 0.597. The van der Waals surface area contributed by atoms with Crippen molar-refractivity contribution in [1.82, 2.24) is 10.3 Å². The molecule has 2 nitrogen and oxygen atoms in total. The second-order valence-electron chi connectivity index (χ2n) is 5.22. The Balaban J connectivity index is 2.26. The van der Waals surface area contributed by atoms with Crippen molar-refractivity contribution in [2.45, 2.75) is 40.2 Å². The zero-order valence-corrected chi connectivity index (χ0v) is 13.2. The number of hydrogen-bond acceptors (Lipinski definition) is 3. The fourth-order valence-corrected chi connectivity index (χ4v) is 3.66. The lowest BCUT2D eigenvalue weighted by Gasteiger charge is -2.16. The van der Waals surface area contributed by atoms with E-state index in [1.165, 1.54) is 21.6 Å². The first-order valence-corrected chi connectivity index (χ1v) is 7.49. The predicted molar refractivity (Wildman–Crippen MR) is 83.0 cm³/mol. The van der Waals surface area contributed by atoms with Gasteiger partial charge in [0.2, 0.25) is 0 Å². The molecule has 1 aromatic heterocycles. The van der Waals surface area contributed by atoms with Crippen LogP contribution in [0, 0.1) is 27.7 Å². The summed E-state index contributed by atoms with van der Waals surface area (Å²) in [5.74, 6) is 0. The van der Waals surface area contributed by atoms with Gasteiger partial charge in [0.15, 0.2) is 0 Å². The van der Waals surface area contributed by atoms with Crippen LogP contribution >= 0.6 is 11.3 Å². The van der Waals surface area contributed by atoms with E-state index in [2.05, 4.69) is 56.2 Å². The molecule has 0 fully saturated rings. The summed E-state index contributed by atoms with van der Waals surface area (Å²) in [5.41, 5.74) is 5.22. The number of aromatic nitrogens is 1. The third-order valence-corrected chi connectivity index (χ3v) is 4.51. The highest BCUT2D eigenvalue weighted by Gasteiger charge is 2.16. The molecule has 0 radical (unpaired) electrons. The molecule has 0 aliphatic heterocycles. The highest BCUT2D eigenvalue weighted by atomic mass is 32.1. The highest BCUT2D eigenvalue weighted by Crippen LogP contribution is 2.27. The summed E-state index contributed by atoms with van der Waals surface area (Å²) in [6.45, 7) is 8.50. The molecule has 19 heavy (non-hydrogen) atoms. The van der Waals surface area contributed by atoms with Gasteiger partial charge in [0, 0.05) is 10.9 Å². The lowest BCUT2D eigenvalue weighted by Crippen LogP contribution is -2.18. The minimum atomic E-state index is 0.354. The Kier molecular flexibility index (Phi) is 4.38. The second-order valence-corrected chi connectivity index (χ2v) is 6.46. The molecule has 2 rings (SSSR count). The zero-order chi connectivity index (χ0) is 14.0. The number of benzene rings is 1. The lowest BCUT2D eigenvalue weighted by atomic mass is 10.00. The van der Waals surface area contributed by atoms with Gasteiger partial charge in [-0.15, -0.1) is 11.3 Å². The van der Waals surface area contributed by atoms with Gasteiger partial charge in [-0.1, -0.05) is 29.3 Å². The first kappa shape index (κ1) is 14.2. The molecule has 2 aromatic rings. The third kappa shape index (κ3) is 3.43. The zero-order valence-electron chi connectivity index (χ0n) is 12.4. The Labute approximate surface area is 119 Å². The van der Waals surface area contributed by atoms with E-state index in [0.29, 0.717) is 6.04 Å². The molecule has 0 spiro atoms. The molecule has 3 heteroatoms. The first-order chi connectivity index (χ1) is 8.99. The molecule has 0 amide bonds. The van der Waals surface area contributed by atoms with Gasteiger partial charge in [0.25, 0.3) is 0 Å². The van der Waals surface area contributed by atoms with Crippen LogP contribution in [-0.4, -0.2) is 12.0 Å². The monoisotopic (exact) mass is 274 g/mol. The summed E-state index contributed by atoms with van der Waals surface area (Å²) in [6.07, 6.45) is 1.02. The highest BCUT2D eigenvalue weighted by molar-refractivity contribution is 7.11. The van der Waals surface area contributed by atoms with E-state index < -0.39 is 0 Å². The summed E-state index contributed by atoms with van der Waals surface area (Å²) in [7, 11) is 2.03. The van der Waals surface area contributed by atoms with Crippen LogP contribution in [0.25, 0.3) is 0 Å². The van der Waals surface area contributed by atoms with Crippen molar-refractivity contribution in [3.63, 3.8) is 0 Å². The number of hydrogen-bond donors (Lipinski definition) is 1. The molecule has 0 bridgehead atoms. The van der Waals surface area contributed by atoms with E-state index in [9.17, 15) is 0 Å². The first-order valence-electron chi connectivity index (χ1n) is 6.68. The number of nitrogens with zero attached hydrogens (tertiary/aromatic N) is 1. The van der Waals surface area contributed by atoms with E-state index in [0.717, 1.165) is 17.1 Å². The van der Waals surface area contributed by atoms with Gasteiger partial charge in [-0.25, -0.2) is 4.98 Å². The van der Waals surface area contributed by atoms with Crippen LogP contribution in [0.1, 0.15) is 38.3 Å². The molecule has 0 saturated heterocycles. The van der Waals surface area contributed by atoms with Gasteiger partial charge in [-0.3, -0.25) is 0 Å². The average Bonchev–Trinajstić information content (AvgIpc) is 2.64. The van der Waals surface area contributed by atoms with E-state index in [-0.39, 0.29) is 0 Å². The molecule has 1 unspecified atom stereocenters. The fourth-order valence-electron chi connectivity index (χ4n) is 2.62. The molecule has 102 valence electrons. The molecule has 1 aromatic carbocycles. The van der Waals surface area contributed by atoms with Crippen molar-refractivity contribution in [1.29, 1.82) is 0 Å². The van der Waals surface area contributed by atoms with Gasteiger partial charge in [0.05, 0.1) is 10.7 Å². The number of thiazole rings is 1. The van der Waals surface area contributed by atoms with Crippen molar-refractivity contribution in [3.05, 3.63) is 50.5 Å². The SMILES string of the molecule is CNC(Cc1cc(C)cc(C)c1)c1sc(C)nc1C. The van der Waals surface area contributed by atoms with Crippen LogP contribution in [0.15, 0.2) is 18.2 Å². The van der Waals surface area contributed by atoms with Gasteiger partial charge >= 0.3 is 0 Å². The molecular weight excluding hydrogens is 252 g/mol. The van der Waals surface area contributed by atoms with Gasteiger partial charge in [-0.05, 0) is 46.7 Å². The molecule has 1 heterocycles. The summed E-state index contributed by atoms with van der Waals surface area (Å²) in [6, 6.07) is 7.13. The Hall–Kier alpha value is -1.19. The van der Waals surface area contributed by atoms with Crippen LogP contribution < -0.4 is 5.32 Å². The standard InChI is InChI=1S/C16H22N2S/c1-10-6-11(2)8-14(7-10)9-15(17-5)16-12(3)18-13(4)19-16/h6-8,15,17H,9H2,1-5H3. The van der Waals surface area contributed by atoms with Crippen molar-refractivity contribution in [2.75, 3.05) is 7.05 Å². The van der Waals surface area contributed by atoms with Gasteiger partial charge < -0.3 is 5.32 Å². The molecule has 1 atom stereocenters. The van der Waals surface area contributed by atoms with Crippen LogP contribution in [0.5, 0.6) is 0 Å². The van der Waals surface area contributed by atoms with Crippen molar-refractivity contribution >= 4 is 11.3 Å². The fraction of sp³-hybridized carbons (Fsp3) is 0.438. The topological polar surface area (TPSA) is 24.9 Å². The summed E-state index contributed by atoms with van der Waals surface area (Å²) in [5, 5.41) is 4.58. The van der Waals surface area contributed by atoms with Gasteiger partial charge in [0.1, 0.15) is 0 Å². The minimum Gasteiger partial charge on any atom is -0.312 e. The maximum atomic E-state index is 4.54. The quantitative estimate of drug-likeness (QED) is 0.915. The molecule has 0 aliphatic carbocycles. The Morgan fingerprint density at radius 3 is 2.21 bits per heavy atom. The van der Waals surface area contributed by atoms with Crippen molar-refractivity contribution < 1.29 is 0 Å². The summed E-state index contributed by atoms with van der Waals surface area (Å²) in [4.78, 5) is 5.90. The normalized spacial score (nSPS) is 12.7. The van der Waals surface area contributed by atoms with E-state index in [4.69, 9.17) is 0 Å². The minimum absolute atomic E-state index is 0.354. The van der Waals surface area contributed by atoms with Crippen LogP contribution in [0.3, 0.4) is 0 Å². The molecular formula is C16H22N2S. The van der Waals surface area contributed by atoms with Crippen LogP contribution in [0.4, 0.5) is 0 Å². The smallest absolute Gasteiger partial charge is 0.0900 e.